The predicted molar refractivity (Wildman–Crippen MR) is 73.5 cm³/mol. The second-order valence-corrected chi connectivity index (χ2v) is 4.59. The smallest absolute Gasteiger partial charge is 0.318 e. The number of carbonyl (C=O) groups is 2. The molecule has 0 atom stereocenters. The van der Waals surface area contributed by atoms with E-state index in [1.54, 1.807) is 7.11 Å². The average molecular weight is 284 g/mol. The molecule has 0 radical (unpaired) electrons. The largest absolute Gasteiger partial charge is 0.497 e. The van der Waals surface area contributed by atoms with Crippen molar-refractivity contribution < 1.29 is 19.1 Å². The number of carbonyl (C=O) groups excluding carboxylic acids is 2. The van der Waals surface area contributed by atoms with E-state index >= 15 is 0 Å². The van der Waals surface area contributed by atoms with Gasteiger partial charge in [-0.05, 0) is 24.3 Å². The second-order valence-electron chi connectivity index (χ2n) is 3.49. The van der Waals surface area contributed by atoms with Crippen molar-refractivity contribution in [1.82, 2.24) is 5.32 Å². The van der Waals surface area contributed by atoms with E-state index in [0.29, 0.717) is 12.4 Å². The first kappa shape index (κ1) is 15.2. The van der Waals surface area contributed by atoms with Crippen LogP contribution >= 0.6 is 11.8 Å². The zero-order chi connectivity index (χ0) is 14.1. The van der Waals surface area contributed by atoms with Gasteiger partial charge >= 0.3 is 6.03 Å². The summed E-state index contributed by atoms with van der Waals surface area (Å²) in [7, 11) is 1.60. The van der Waals surface area contributed by atoms with Crippen LogP contribution in [-0.2, 0) is 4.79 Å². The molecule has 0 aromatic heterocycles. The van der Waals surface area contributed by atoms with Gasteiger partial charge in [-0.1, -0.05) is 0 Å². The van der Waals surface area contributed by atoms with E-state index in [4.69, 9.17) is 15.2 Å². The summed E-state index contributed by atoms with van der Waals surface area (Å²) in [6.45, 7) is 0.473. The number of methoxy groups -OCH3 is 1. The third-order valence-corrected chi connectivity index (χ3v) is 2.97. The zero-order valence-electron chi connectivity index (χ0n) is 10.5. The van der Waals surface area contributed by atoms with Gasteiger partial charge in [0.05, 0.1) is 19.5 Å². The Labute approximate surface area is 115 Å². The Balaban J connectivity index is 2.13. The molecule has 0 bridgehead atoms. The maximum atomic E-state index is 11.1. The number of primary amides is 1. The van der Waals surface area contributed by atoms with Gasteiger partial charge in [0.2, 0.25) is 5.91 Å². The highest BCUT2D eigenvalue weighted by Gasteiger charge is 2.03. The van der Waals surface area contributed by atoms with Crippen molar-refractivity contribution in [3.05, 3.63) is 24.3 Å². The Morgan fingerprint density at radius 2 is 1.89 bits per heavy atom. The van der Waals surface area contributed by atoms with Crippen LogP contribution in [0.25, 0.3) is 0 Å². The lowest BCUT2D eigenvalue weighted by molar-refractivity contribution is -0.117. The molecule has 0 heterocycles. The maximum absolute atomic E-state index is 11.1. The minimum Gasteiger partial charge on any atom is -0.497 e. The highest BCUT2D eigenvalue weighted by atomic mass is 32.2. The summed E-state index contributed by atoms with van der Waals surface area (Å²) in [4.78, 5) is 21.5. The topological polar surface area (TPSA) is 90.7 Å². The zero-order valence-corrected chi connectivity index (χ0v) is 11.4. The molecule has 3 N–H and O–H groups in total. The minimum absolute atomic E-state index is 0.176. The van der Waals surface area contributed by atoms with Crippen molar-refractivity contribution in [3.8, 4) is 11.5 Å². The van der Waals surface area contributed by atoms with Gasteiger partial charge in [-0.15, -0.1) is 11.8 Å². The summed E-state index contributed by atoms with van der Waals surface area (Å²) in [5, 5.41) is 1.99. The lowest BCUT2D eigenvalue weighted by atomic mass is 10.3. The minimum atomic E-state index is -0.833. The van der Waals surface area contributed by atoms with Crippen molar-refractivity contribution in [2.24, 2.45) is 5.73 Å². The van der Waals surface area contributed by atoms with E-state index in [-0.39, 0.29) is 5.75 Å². The van der Waals surface area contributed by atoms with Crippen LogP contribution in [0.1, 0.15) is 0 Å². The highest BCUT2D eigenvalue weighted by molar-refractivity contribution is 7.99. The van der Waals surface area contributed by atoms with Crippen LogP contribution in [0.4, 0.5) is 4.79 Å². The van der Waals surface area contributed by atoms with Crippen LogP contribution in [0.15, 0.2) is 24.3 Å². The number of nitrogens with one attached hydrogen (secondary N) is 1. The van der Waals surface area contributed by atoms with E-state index in [1.165, 1.54) is 11.8 Å². The number of thioether (sulfide) groups is 1. The van der Waals surface area contributed by atoms with Gasteiger partial charge in [0.15, 0.2) is 0 Å². The number of benzene rings is 1. The van der Waals surface area contributed by atoms with Crippen LogP contribution in [0.5, 0.6) is 11.5 Å². The summed E-state index contributed by atoms with van der Waals surface area (Å²) < 4.78 is 10.5. The summed E-state index contributed by atoms with van der Waals surface area (Å²) in [5.74, 6) is 1.92. The van der Waals surface area contributed by atoms with Crippen LogP contribution in [-0.4, -0.2) is 37.2 Å². The number of nitrogens with two attached hydrogens (primary N) is 1. The van der Waals surface area contributed by atoms with Gasteiger partial charge < -0.3 is 15.2 Å². The molecule has 3 amide bonds. The number of imide groups is 1. The molecular weight excluding hydrogens is 268 g/mol. The molecule has 0 aliphatic rings. The fourth-order valence-corrected chi connectivity index (χ4v) is 1.83. The standard InChI is InChI=1S/C12H16N2O4S/c1-17-9-2-4-10(5-3-9)18-6-7-19-8-11(15)14-12(13)16/h2-5H,6-8H2,1H3,(H3,13,14,15,16). The lowest BCUT2D eigenvalue weighted by Crippen LogP contribution is -2.36. The summed E-state index contributed by atoms with van der Waals surface area (Å²) in [6.07, 6.45) is 0. The fourth-order valence-electron chi connectivity index (χ4n) is 1.23. The molecule has 1 rings (SSSR count). The molecule has 1 aromatic carbocycles. The van der Waals surface area contributed by atoms with Crippen molar-refractivity contribution in [1.29, 1.82) is 0 Å². The Morgan fingerprint density at radius 1 is 1.26 bits per heavy atom. The van der Waals surface area contributed by atoms with Gasteiger partial charge in [0.1, 0.15) is 11.5 Å². The van der Waals surface area contributed by atoms with Crippen molar-refractivity contribution in [3.63, 3.8) is 0 Å². The maximum Gasteiger partial charge on any atom is 0.318 e. The third-order valence-electron chi connectivity index (χ3n) is 2.05. The SMILES string of the molecule is COc1ccc(OCCSCC(=O)NC(N)=O)cc1. The first-order chi connectivity index (χ1) is 9.11. The quantitative estimate of drug-likeness (QED) is 0.729. The molecule has 0 saturated heterocycles. The number of hydrogen-bond acceptors (Lipinski definition) is 5. The Hall–Kier alpha value is -1.89. The molecule has 6 nitrogen and oxygen atoms in total. The van der Waals surface area contributed by atoms with Crippen molar-refractivity contribution in [2.45, 2.75) is 0 Å². The Morgan fingerprint density at radius 3 is 2.47 bits per heavy atom. The molecule has 7 heteroatoms. The molecule has 0 aliphatic carbocycles. The van der Waals surface area contributed by atoms with E-state index in [1.807, 2.05) is 29.6 Å². The molecule has 0 spiro atoms. The first-order valence-corrected chi connectivity index (χ1v) is 6.71. The molecule has 0 saturated carbocycles. The molecule has 104 valence electrons. The number of rotatable bonds is 7. The number of urea groups is 1. The molecule has 1 aromatic rings. The van der Waals surface area contributed by atoms with Gasteiger partial charge in [-0.25, -0.2) is 4.79 Å². The van der Waals surface area contributed by atoms with E-state index in [0.717, 1.165) is 11.5 Å². The average Bonchev–Trinajstić information content (AvgIpc) is 2.38. The molecule has 0 unspecified atom stereocenters. The Bertz CT molecular complexity index is 422. The van der Waals surface area contributed by atoms with Crippen molar-refractivity contribution in [2.75, 3.05) is 25.2 Å². The van der Waals surface area contributed by atoms with E-state index < -0.39 is 11.9 Å². The lowest BCUT2D eigenvalue weighted by Gasteiger charge is -2.06. The highest BCUT2D eigenvalue weighted by Crippen LogP contribution is 2.17. The van der Waals surface area contributed by atoms with Crippen LogP contribution < -0.4 is 20.5 Å². The summed E-state index contributed by atoms with van der Waals surface area (Å²) in [5.41, 5.74) is 4.81. The second kappa shape index (κ2) is 8.25. The monoisotopic (exact) mass is 284 g/mol. The number of ether oxygens (including phenoxy) is 2. The van der Waals surface area contributed by atoms with Crippen molar-refractivity contribution >= 4 is 23.7 Å². The fraction of sp³-hybridized carbons (Fsp3) is 0.333. The first-order valence-electron chi connectivity index (χ1n) is 5.55. The predicted octanol–water partition coefficient (Wildman–Crippen LogP) is 1.00. The molecule has 0 aliphatic heterocycles. The summed E-state index contributed by atoms with van der Waals surface area (Å²) in [6, 6.07) is 6.40. The normalized spacial score (nSPS) is 9.74. The van der Waals surface area contributed by atoms with Gasteiger partial charge in [0, 0.05) is 5.75 Å². The van der Waals surface area contributed by atoms with E-state index in [2.05, 4.69) is 0 Å². The third kappa shape index (κ3) is 6.56. The molecule has 0 fully saturated rings. The Kier molecular flexibility index (Phi) is 6.59. The van der Waals surface area contributed by atoms with Gasteiger partial charge in [-0.3, -0.25) is 10.1 Å². The van der Waals surface area contributed by atoms with E-state index in [9.17, 15) is 9.59 Å². The number of hydrogen-bond donors (Lipinski definition) is 2. The molecule has 19 heavy (non-hydrogen) atoms. The van der Waals surface area contributed by atoms with Gasteiger partial charge in [0.25, 0.3) is 0 Å². The number of amides is 3. The molecular formula is C12H16N2O4S. The van der Waals surface area contributed by atoms with Crippen LogP contribution in [0.3, 0.4) is 0 Å². The summed E-state index contributed by atoms with van der Waals surface area (Å²) >= 11 is 1.36. The van der Waals surface area contributed by atoms with Crippen LogP contribution in [0.2, 0.25) is 0 Å². The van der Waals surface area contributed by atoms with Crippen LogP contribution in [0, 0.1) is 0 Å². The van der Waals surface area contributed by atoms with Gasteiger partial charge in [-0.2, -0.15) is 0 Å².